The molecule has 21 heavy (non-hydrogen) atoms. The molecule has 4 heteroatoms. The van der Waals surface area contributed by atoms with Crippen molar-refractivity contribution in [1.82, 2.24) is 10.2 Å². The average molecular weight is 280 g/mol. The van der Waals surface area contributed by atoms with E-state index in [4.69, 9.17) is 9.90 Å². The highest BCUT2D eigenvalue weighted by Gasteiger charge is 2.04. The number of nitrogens with one attached hydrogen (secondary N) is 1. The molecule has 4 nitrogen and oxygen atoms in total. The SMILES string of the molecule is CC(=O)O.c1ccc(-c2cc(-c3ccccc3)[nH]n2)cc1. The Labute approximate surface area is 123 Å². The summed E-state index contributed by atoms with van der Waals surface area (Å²) in [7, 11) is 0. The second kappa shape index (κ2) is 7.05. The lowest BCUT2D eigenvalue weighted by atomic mass is 10.1. The van der Waals surface area contributed by atoms with Crippen molar-refractivity contribution >= 4 is 5.97 Å². The molecule has 1 heterocycles. The van der Waals surface area contributed by atoms with Gasteiger partial charge in [-0.2, -0.15) is 5.10 Å². The lowest BCUT2D eigenvalue weighted by Crippen LogP contribution is -1.78. The highest BCUT2D eigenvalue weighted by atomic mass is 16.4. The van der Waals surface area contributed by atoms with E-state index < -0.39 is 5.97 Å². The minimum Gasteiger partial charge on any atom is -0.481 e. The number of carboxylic acid groups (broad SMARTS) is 1. The molecule has 0 fully saturated rings. The highest BCUT2D eigenvalue weighted by Crippen LogP contribution is 2.22. The third kappa shape index (κ3) is 4.31. The predicted molar refractivity (Wildman–Crippen MR) is 82.8 cm³/mol. The monoisotopic (exact) mass is 280 g/mol. The lowest BCUT2D eigenvalue weighted by molar-refractivity contribution is -0.134. The fourth-order valence-corrected chi connectivity index (χ4v) is 1.84. The molecule has 0 saturated heterocycles. The average Bonchev–Trinajstić information content (AvgIpc) is 2.98. The van der Waals surface area contributed by atoms with E-state index in [1.807, 2.05) is 36.4 Å². The van der Waals surface area contributed by atoms with Gasteiger partial charge in [0.1, 0.15) is 0 Å². The molecule has 0 aliphatic rings. The van der Waals surface area contributed by atoms with Gasteiger partial charge in [0, 0.05) is 12.5 Å². The van der Waals surface area contributed by atoms with Gasteiger partial charge in [0.05, 0.1) is 11.4 Å². The van der Waals surface area contributed by atoms with Crippen molar-refractivity contribution in [3.63, 3.8) is 0 Å². The first-order valence-corrected chi connectivity index (χ1v) is 6.52. The van der Waals surface area contributed by atoms with Crippen LogP contribution in [0.4, 0.5) is 0 Å². The smallest absolute Gasteiger partial charge is 0.300 e. The van der Waals surface area contributed by atoms with Crippen LogP contribution in [0, 0.1) is 0 Å². The summed E-state index contributed by atoms with van der Waals surface area (Å²) in [5.41, 5.74) is 4.31. The summed E-state index contributed by atoms with van der Waals surface area (Å²) in [5.74, 6) is -0.833. The maximum atomic E-state index is 9.00. The first kappa shape index (κ1) is 14.5. The molecule has 0 unspecified atom stereocenters. The predicted octanol–water partition coefficient (Wildman–Crippen LogP) is 3.83. The Hall–Kier alpha value is -2.88. The maximum Gasteiger partial charge on any atom is 0.300 e. The van der Waals surface area contributed by atoms with Crippen LogP contribution in [0.25, 0.3) is 22.5 Å². The summed E-state index contributed by atoms with van der Waals surface area (Å²) < 4.78 is 0. The number of carboxylic acids is 1. The van der Waals surface area contributed by atoms with Gasteiger partial charge in [-0.1, -0.05) is 60.7 Å². The Balaban J connectivity index is 0.000000361. The molecule has 2 N–H and O–H groups in total. The van der Waals surface area contributed by atoms with E-state index >= 15 is 0 Å². The summed E-state index contributed by atoms with van der Waals surface area (Å²) in [6.07, 6.45) is 0. The molecule has 0 spiro atoms. The fraction of sp³-hybridized carbons (Fsp3) is 0.0588. The first-order valence-electron chi connectivity index (χ1n) is 6.52. The van der Waals surface area contributed by atoms with Crippen LogP contribution in [0.5, 0.6) is 0 Å². The minimum absolute atomic E-state index is 0.833. The second-order valence-electron chi connectivity index (χ2n) is 4.42. The van der Waals surface area contributed by atoms with Crippen molar-refractivity contribution < 1.29 is 9.90 Å². The van der Waals surface area contributed by atoms with Gasteiger partial charge in [-0.05, 0) is 11.6 Å². The van der Waals surface area contributed by atoms with Gasteiger partial charge in [-0.25, -0.2) is 0 Å². The summed E-state index contributed by atoms with van der Waals surface area (Å²) >= 11 is 0. The second-order valence-corrected chi connectivity index (χ2v) is 4.42. The number of H-pyrrole nitrogens is 1. The van der Waals surface area contributed by atoms with Crippen molar-refractivity contribution in [1.29, 1.82) is 0 Å². The molecule has 0 radical (unpaired) electrons. The van der Waals surface area contributed by atoms with Gasteiger partial charge in [-0.3, -0.25) is 9.89 Å². The zero-order chi connectivity index (χ0) is 15.1. The number of aromatic nitrogens is 2. The van der Waals surface area contributed by atoms with E-state index in [2.05, 4.69) is 40.5 Å². The van der Waals surface area contributed by atoms with Gasteiger partial charge in [0.25, 0.3) is 5.97 Å². The first-order chi connectivity index (χ1) is 10.2. The van der Waals surface area contributed by atoms with Crippen molar-refractivity contribution in [2.24, 2.45) is 0 Å². The number of hydrogen-bond acceptors (Lipinski definition) is 2. The topological polar surface area (TPSA) is 66.0 Å². The van der Waals surface area contributed by atoms with Gasteiger partial charge in [0.15, 0.2) is 0 Å². The van der Waals surface area contributed by atoms with Gasteiger partial charge < -0.3 is 5.11 Å². The zero-order valence-corrected chi connectivity index (χ0v) is 11.7. The van der Waals surface area contributed by atoms with Crippen LogP contribution in [0.15, 0.2) is 66.7 Å². The van der Waals surface area contributed by atoms with E-state index in [1.54, 1.807) is 0 Å². The van der Waals surface area contributed by atoms with Crippen LogP contribution >= 0.6 is 0 Å². The number of benzene rings is 2. The Bertz CT molecular complexity index is 633. The summed E-state index contributed by atoms with van der Waals surface area (Å²) in [6, 6.07) is 22.5. The standard InChI is InChI=1S/C15H12N2.C2H4O2/c1-3-7-12(8-4-1)14-11-15(17-16-14)13-9-5-2-6-10-13;1-2(3)4/h1-11H,(H,16,17);1H3,(H,3,4). The number of carbonyl (C=O) groups is 1. The largest absolute Gasteiger partial charge is 0.481 e. The molecule has 3 aromatic rings. The lowest BCUT2D eigenvalue weighted by Gasteiger charge is -1.94. The molecule has 0 bridgehead atoms. The Morgan fingerprint density at radius 3 is 1.95 bits per heavy atom. The van der Waals surface area contributed by atoms with E-state index in [0.29, 0.717) is 0 Å². The molecule has 0 saturated carbocycles. The van der Waals surface area contributed by atoms with Crippen LogP contribution in [0.2, 0.25) is 0 Å². The van der Waals surface area contributed by atoms with Crippen molar-refractivity contribution in [3.05, 3.63) is 66.7 Å². The van der Waals surface area contributed by atoms with Gasteiger partial charge in [0.2, 0.25) is 0 Å². The quantitative estimate of drug-likeness (QED) is 0.749. The molecular formula is C17H16N2O2. The summed E-state index contributed by atoms with van der Waals surface area (Å²) in [4.78, 5) is 9.00. The van der Waals surface area contributed by atoms with E-state index in [1.165, 1.54) is 0 Å². The van der Waals surface area contributed by atoms with Crippen LogP contribution in [0.1, 0.15) is 6.92 Å². The molecule has 0 amide bonds. The Morgan fingerprint density at radius 2 is 1.43 bits per heavy atom. The molecule has 3 rings (SSSR count). The van der Waals surface area contributed by atoms with Crippen LogP contribution < -0.4 is 0 Å². The number of aromatic amines is 1. The number of hydrogen-bond donors (Lipinski definition) is 2. The molecule has 106 valence electrons. The normalized spacial score (nSPS) is 9.57. The van der Waals surface area contributed by atoms with E-state index in [0.717, 1.165) is 29.4 Å². The molecule has 0 aliphatic heterocycles. The third-order valence-corrected chi connectivity index (χ3v) is 2.73. The molecule has 2 aromatic carbocycles. The van der Waals surface area contributed by atoms with Crippen LogP contribution in [0.3, 0.4) is 0 Å². The fourth-order valence-electron chi connectivity index (χ4n) is 1.84. The van der Waals surface area contributed by atoms with Gasteiger partial charge >= 0.3 is 0 Å². The van der Waals surface area contributed by atoms with Crippen molar-refractivity contribution in [2.45, 2.75) is 6.92 Å². The summed E-state index contributed by atoms with van der Waals surface area (Å²) in [6.45, 7) is 1.08. The van der Waals surface area contributed by atoms with Gasteiger partial charge in [-0.15, -0.1) is 0 Å². The highest BCUT2D eigenvalue weighted by molar-refractivity contribution is 5.67. The molecular weight excluding hydrogens is 264 g/mol. The van der Waals surface area contributed by atoms with Crippen LogP contribution in [-0.4, -0.2) is 21.3 Å². The number of nitrogens with zero attached hydrogens (tertiary/aromatic N) is 1. The number of aliphatic carboxylic acids is 1. The molecule has 0 atom stereocenters. The van der Waals surface area contributed by atoms with Crippen molar-refractivity contribution in [2.75, 3.05) is 0 Å². The van der Waals surface area contributed by atoms with E-state index in [-0.39, 0.29) is 0 Å². The third-order valence-electron chi connectivity index (χ3n) is 2.73. The van der Waals surface area contributed by atoms with E-state index in [9.17, 15) is 0 Å². The zero-order valence-electron chi connectivity index (χ0n) is 11.7. The van der Waals surface area contributed by atoms with Crippen LogP contribution in [-0.2, 0) is 4.79 Å². The Kier molecular flexibility index (Phi) is 4.88. The number of rotatable bonds is 2. The Morgan fingerprint density at radius 1 is 0.952 bits per heavy atom. The maximum absolute atomic E-state index is 9.00. The van der Waals surface area contributed by atoms with Crippen molar-refractivity contribution in [3.8, 4) is 22.5 Å². The minimum atomic E-state index is -0.833. The molecule has 0 aliphatic carbocycles. The summed E-state index contributed by atoms with van der Waals surface area (Å²) in [5, 5.41) is 14.8. The molecule has 1 aromatic heterocycles.